The molecule has 1 aromatic carbocycles. The van der Waals surface area contributed by atoms with Gasteiger partial charge in [0.1, 0.15) is 0 Å². The molecule has 1 aromatic rings. The van der Waals surface area contributed by atoms with Gasteiger partial charge in [-0.15, -0.1) is 0 Å². The Balaban J connectivity index is 1.82. The second kappa shape index (κ2) is 6.79. The summed E-state index contributed by atoms with van der Waals surface area (Å²) in [5.74, 6) is 0. The number of likely N-dealkylation sites (tertiary alicyclic amines) is 1. The van der Waals surface area contributed by atoms with Crippen LogP contribution in [0.3, 0.4) is 0 Å². The molecule has 2 rings (SSSR count). The Labute approximate surface area is 124 Å². The van der Waals surface area contributed by atoms with Gasteiger partial charge in [-0.05, 0) is 64.1 Å². The van der Waals surface area contributed by atoms with Crippen molar-refractivity contribution in [3.05, 3.63) is 35.4 Å². The molecule has 1 aliphatic rings. The Bertz CT molecular complexity index is 434. The predicted molar refractivity (Wildman–Crippen MR) is 78.3 cm³/mol. The van der Waals surface area contributed by atoms with E-state index in [1.54, 1.807) is 12.1 Å². The molecule has 118 valence electrons. The highest BCUT2D eigenvalue weighted by molar-refractivity contribution is 5.24. The van der Waals surface area contributed by atoms with Crippen LogP contribution in [0.1, 0.15) is 24.0 Å². The number of alkyl halides is 3. The predicted octanol–water partition coefficient (Wildman–Crippen LogP) is 3.27. The second-order valence-corrected chi connectivity index (χ2v) is 5.96. The van der Waals surface area contributed by atoms with E-state index >= 15 is 0 Å². The average Bonchev–Trinajstić information content (AvgIpc) is 2.45. The molecular formula is C16H23F3N2. The molecule has 0 atom stereocenters. The van der Waals surface area contributed by atoms with Gasteiger partial charge >= 0.3 is 6.18 Å². The fraction of sp³-hybridized carbons (Fsp3) is 0.625. The number of benzene rings is 1. The van der Waals surface area contributed by atoms with E-state index < -0.39 is 11.7 Å². The summed E-state index contributed by atoms with van der Waals surface area (Å²) in [4.78, 5) is 4.67. The van der Waals surface area contributed by atoms with Gasteiger partial charge < -0.3 is 9.80 Å². The van der Waals surface area contributed by atoms with Crippen LogP contribution < -0.4 is 0 Å². The van der Waals surface area contributed by atoms with E-state index in [1.165, 1.54) is 25.0 Å². The summed E-state index contributed by atoms with van der Waals surface area (Å²) < 4.78 is 37.5. The Hall–Kier alpha value is -1.07. The number of hydrogen-bond acceptors (Lipinski definition) is 2. The maximum atomic E-state index is 12.5. The van der Waals surface area contributed by atoms with E-state index in [4.69, 9.17) is 0 Å². The van der Waals surface area contributed by atoms with E-state index in [2.05, 4.69) is 23.9 Å². The van der Waals surface area contributed by atoms with Crippen molar-refractivity contribution in [1.29, 1.82) is 0 Å². The summed E-state index contributed by atoms with van der Waals surface area (Å²) in [6.45, 7) is 3.13. The lowest BCUT2D eigenvalue weighted by Gasteiger charge is -2.35. The van der Waals surface area contributed by atoms with Crippen LogP contribution in [-0.2, 0) is 12.6 Å². The highest BCUT2D eigenvalue weighted by atomic mass is 19.4. The molecule has 0 N–H and O–H groups in total. The van der Waals surface area contributed by atoms with Crippen LogP contribution in [-0.4, -0.2) is 49.6 Å². The number of halogens is 3. The lowest BCUT2D eigenvalue weighted by Crippen LogP contribution is -2.42. The van der Waals surface area contributed by atoms with Crippen molar-refractivity contribution in [3.8, 4) is 0 Å². The van der Waals surface area contributed by atoms with Gasteiger partial charge in [-0.2, -0.15) is 13.2 Å². The number of nitrogens with zero attached hydrogens (tertiary/aromatic N) is 2. The minimum atomic E-state index is -4.25. The van der Waals surface area contributed by atoms with E-state index in [1.807, 2.05) is 0 Å². The first-order valence-corrected chi connectivity index (χ1v) is 7.41. The molecule has 1 aliphatic heterocycles. The lowest BCUT2D eigenvalue weighted by molar-refractivity contribution is -0.137. The third kappa shape index (κ3) is 4.71. The van der Waals surface area contributed by atoms with Gasteiger partial charge in [-0.1, -0.05) is 12.1 Å². The van der Waals surface area contributed by atoms with Crippen molar-refractivity contribution >= 4 is 0 Å². The highest BCUT2D eigenvalue weighted by Gasteiger charge is 2.29. The fourth-order valence-corrected chi connectivity index (χ4v) is 2.78. The number of hydrogen-bond donors (Lipinski definition) is 0. The number of rotatable bonds is 4. The zero-order chi connectivity index (χ0) is 15.5. The topological polar surface area (TPSA) is 6.48 Å². The molecule has 0 aromatic heterocycles. The molecule has 2 nitrogen and oxygen atoms in total. The lowest BCUT2D eigenvalue weighted by atomic mass is 10.0. The molecule has 21 heavy (non-hydrogen) atoms. The second-order valence-electron chi connectivity index (χ2n) is 5.96. The Morgan fingerprint density at radius 3 is 2.24 bits per heavy atom. The quantitative estimate of drug-likeness (QED) is 0.842. The molecule has 0 spiro atoms. The third-order valence-electron chi connectivity index (χ3n) is 4.35. The molecule has 0 aliphatic carbocycles. The van der Waals surface area contributed by atoms with E-state index in [0.29, 0.717) is 6.04 Å². The molecule has 0 radical (unpaired) electrons. The van der Waals surface area contributed by atoms with Gasteiger partial charge in [0, 0.05) is 12.6 Å². The smallest absolute Gasteiger partial charge is 0.306 e. The summed E-state index contributed by atoms with van der Waals surface area (Å²) in [5.41, 5.74) is 0.387. The minimum absolute atomic E-state index is 0.574. The van der Waals surface area contributed by atoms with Crippen molar-refractivity contribution in [2.75, 3.05) is 33.7 Å². The Morgan fingerprint density at radius 2 is 1.71 bits per heavy atom. The van der Waals surface area contributed by atoms with Crippen molar-refractivity contribution in [2.24, 2.45) is 0 Å². The average molecular weight is 300 g/mol. The van der Waals surface area contributed by atoms with Crippen LogP contribution >= 0.6 is 0 Å². The molecular weight excluding hydrogens is 277 g/mol. The summed E-state index contributed by atoms with van der Waals surface area (Å²) in [6.07, 6.45) is -1.12. The zero-order valence-corrected chi connectivity index (χ0v) is 12.7. The largest absolute Gasteiger partial charge is 0.416 e. The monoisotopic (exact) mass is 300 g/mol. The molecule has 1 fully saturated rings. The Kier molecular flexibility index (Phi) is 5.27. The zero-order valence-electron chi connectivity index (χ0n) is 12.7. The SMILES string of the molecule is CN1CCC(N(C)CCc2ccc(C(F)(F)F)cc2)CC1. The molecule has 0 unspecified atom stereocenters. The Morgan fingerprint density at radius 1 is 1.14 bits per heavy atom. The van der Waals surface area contributed by atoms with Crippen molar-refractivity contribution < 1.29 is 13.2 Å². The fourth-order valence-electron chi connectivity index (χ4n) is 2.78. The van der Waals surface area contributed by atoms with Crippen molar-refractivity contribution in [1.82, 2.24) is 9.80 Å². The van der Waals surface area contributed by atoms with Gasteiger partial charge in [-0.3, -0.25) is 0 Å². The third-order valence-corrected chi connectivity index (χ3v) is 4.35. The van der Waals surface area contributed by atoms with E-state index in [-0.39, 0.29) is 0 Å². The number of likely N-dealkylation sites (N-methyl/N-ethyl adjacent to an activating group) is 1. The molecule has 1 heterocycles. The van der Waals surface area contributed by atoms with Crippen LogP contribution in [0.2, 0.25) is 0 Å². The molecule has 1 saturated heterocycles. The summed E-state index contributed by atoms with van der Waals surface area (Å²) >= 11 is 0. The van der Waals surface area contributed by atoms with Crippen LogP contribution in [0.25, 0.3) is 0 Å². The maximum Gasteiger partial charge on any atom is 0.416 e. The highest BCUT2D eigenvalue weighted by Crippen LogP contribution is 2.29. The van der Waals surface area contributed by atoms with Crippen LogP contribution in [0.5, 0.6) is 0 Å². The van der Waals surface area contributed by atoms with Gasteiger partial charge in [0.15, 0.2) is 0 Å². The first-order valence-electron chi connectivity index (χ1n) is 7.41. The van der Waals surface area contributed by atoms with Crippen LogP contribution in [0.15, 0.2) is 24.3 Å². The molecule has 5 heteroatoms. The standard InChI is InChI=1S/C16H23F3N2/c1-20-10-8-15(9-11-20)21(2)12-7-13-3-5-14(6-4-13)16(17,18)19/h3-6,15H,7-12H2,1-2H3. The summed E-state index contributed by atoms with van der Waals surface area (Å²) in [7, 11) is 4.25. The van der Waals surface area contributed by atoms with Gasteiger partial charge in [0.2, 0.25) is 0 Å². The molecule has 0 amide bonds. The van der Waals surface area contributed by atoms with E-state index in [0.717, 1.165) is 31.6 Å². The van der Waals surface area contributed by atoms with Crippen LogP contribution in [0.4, 0.5) is 13.2 Å². The normalized spacial score (nSPS) is 18.4. The first kappa shape index (κ1) is 16.3. The summed E-state index contributed by atoms with van der Waals surface area (Å²) in [5, 5.41) is 0. The van der Waals surface area contributed by atoms with Gasteiger partial charge in [0.05, 0.1) is 5.56 Å². The molecule has 0 saturated carbocycles. The van der Waals surface area contributed by atoms with E-state index in [9.17, 15) is 13.2 Å². The van der Waals surface area contributed by atoms with Crippen LogP contribution in [0, 0.1) is 0 Å². The summed E-state index contributed by atoms with van der Waals surface area (Å²) in [6, 6.07) is 6.11. The minimum Gasteiger partial charge on any atom is -0.306 e. The van der Waals surface area contributed by atoms with Crippen molar-refractivity contribution in [2.45, 2.75) is 31.5 Å². The molecule has 0 bridgehead atoms. The number of piperidine rings is 1. The van der Waals surface area contributed by atoms with Gasteiger partial charge in [-0.25, -0.2) is 0 Å². The first-order chi connectivity index (χ1) is 9.86. The maximum absolute atomic E-state index is 12.5. The van der Waals surface area contributed by atoms with Gasteiger partial charge in [0.25, 0.3) is 0 Å². The van der Waals surface area contributed by atoms with Crippen molar-refractivity contribution in [3.63, 3.8) is 0 Å².